The molecule has 1 heterocycles. The summed E-state index contributed by atoms with van der Waals surface area (Å²) in [4.78, 5) is 24.6. The topological polar surface area (TPSA) is 66.8 Å². The second-order valence-corrected chi connectivity index (χ2v) is 6.01. The van der Waals surface area contributed by atoms with Crippen molar-refractivity contribution in [1.82, 2.24) is 4.90 Å². The van der Waals surface area contributed by atoms with E-state index < -0.39 is 5.97 Å². The molecule has 1 fully saturated rings. The SMILES string of the molecule is C=CCN1C(=O)/C(=C\c2ccc(OCC(=O)O)cc2)SC1=S. The Morgan fingerprint density at radius 2 is 2.09 bits per heavy atom. The van der Waals surface area contributed by atoms with Crippen molar-refractivity contribution in [1.29, 1.82) is 0 Å². The van der Waals surface area contributed by atoms with E-state index in [1.165, 1.54) is 16.7 Å². The molecule has 0 bridgehead atoms. The first-order chi connectivity index (χ1) is 10.5. The minimum absolute atomic E-state index is 0.138. The van der Waals surface area contributed by atoms with E-state index >= 15 is 0 Å². The molecule has 114 valence electrons. The fraction of sp³-hybridized carbons (Fsp3) is 0.133. The van der Waals surface area contributed by atoms with Crippen LogP contribution in [0.15, 0.2) is 41.8 Å². The summed E-state index contributed by atoms with van der Waals surface area (Å²) in [7, 11) is 0. The molecule has 0 aromatic heterocycles. The Bertz CT molecular complexity index is 652. The standard InChI is InChI=1S/C15H13NO4S2/c1-2-7-16-14(19)12(22-15(16)21)8-10-3-5-11(6-4-10)20-9-13(17)18/h2-6,8H,1,7,9H2,(H,17,18)/b12-8+. The fourth-order valence-corrected chi connectivity index (χ4v) is 3.02. The molecule has 0 unspecified atom stereocenters. The van der Waals surface area contributed by atoms with Crippen molar-refractivity contribution in [2.24, 2.45) is 0 Å². The third kappa shape index (κ3) is 3.96. The number of thioether (sulfide) groups is 1. The van der Waals surface area contributed by atoms with E-state index in [-0.39, 0.29) is 12.5 Å². The number of hydrogen-bond acceptors (Lipinski definition) is 5. The summed E-state index contributed by atoms with van der Waals surface area (Å²) in [6.07, 6.45) is 3.37. The molecule has 1 saturated heterocycles. The van der Waals surface area contributed by atoms with Crippen molar-refractivity contribution in [3.63, 3.8) is 0 Å². The predicted molar refractivity (Wildman–Crippen MR) is 89.6 cm³/mol. The lowest BCUT2D eigenvalue weighted by molar-refractivity contribution is -0.139. The highest BCUT2D eigenvalue weighted by Crippen LogP contribution is 2.32. The third-order valence-electron chi connectivity index (χ3n) is 2.73. The predicted octanol–water partition coefficient (Wildman–Crippen LogP) is 2.54. The van der Waals surface area contributed by atoms with E-state index in [4.69, 9.17) is 22.1 Å². The van der Waals surface area contributed by atoms with Gasteiger partial charge in [-0.2, -0.15) is 0 Å². The molecule has 1 aliphatic heterocycles. The minimum Gasteiger partial charge on any atom is -0.482 e. The first kappa shape index (κ1) is 16.3. The van der Waals surface area contributed by atoms with Crippen LogP contribution < -0.4 is 4.74 Å². The van der Waals surface area contributed by atoms with Crippen LogP contribution in [0.5, 0.6) is 5.75 Å². The number of carboxylic acids is 1. The number of aliphatic carboxylic acids is 1. The number of carboxylic acid groups (broad SMARTS) is 1. The highest BCUT2D eigenvalue weighted by Gasteiger charge is 2.30. The average molecular weight is 335 g/mol. The molecule has 0 aliphatic carbocycles. The van der Waals surface area contributed by atoms with Gasteiger partial charge in [0.25, 0.3) is 5.91 Å². The van der Waals surface area contributed by atoms with Gasteiger partial charge in [0, 0.05) is 6.54 Å². The molecule has 2 rings (SSSR count). The van der Waals surface area contributed by atoms with Gasteiger partial charge in [-0.3, -0.25) is 9.69 Å². The summed E-state index contributed by atoms with van der Waals surface area (Å²) in [5.41, 5.74) is 0.807. The third-order valence-corrected chi connectivity index (χ3v) is 4.10. The van der Waals surface area contributed by atoms with E-state index in [9.17, 15) is 9.59 Å². The zero-order valence-corrected chi connectivity index (χ0v) is 13.2. The van der Waals surface area contributed by atoms with Gasteiger partial charge in [0.2, 0.25) is 0 Å². The molecule has 1 amide bonds. The Labute approximate surface area is 137 Å². The van der Waals surface area contributed by atoms with E-state index in [1.807, 2.05) is 0 Å². The molecule has 5 nitrogen and oxygen atoms in total. The smallest absolute Gasteiger partial charge is 0.341 e. The summed E-state index contributed by atoms with van der Waals surface area (Å²) in [6, 6.07) is 6.80. The van der Waals surface area contributed by atoms with Gasteiger partial charge < -0.3 is 9.84 Å². The molecule has 1 N–H and O–H groups in total. The van der Waals surface area contributed by atoms with Crippen molar-refractivity contribution < 1.29 is 19.4 Å². The van der Waals surface area contributed by atoms with E-state index in [1.54, 1.807) is 36.4 Å². The zero-order valence-electron chi connectivity index (χ0n) is 11.5. The highest BCUT2D eigenvalue weighted by atomic mass is 32.2. The van der Waals surface area contributed by atoms with Crippen LogP contribution in [0.3, 0.4) is 0 Å². The van der Waals surface area contributed by atoms with Crippen molar-refractivity contribution >= 4 is 46.3 Å². The molecule has 1 aromatic rings. The monoisotopic (exact) mass is 335 g/mol. The summed E-state index contributed by atoms with van der Waals surface area (Å²) < 4.78 is 5.56. The molecular formula is C15H13NO4S2. The molecule has 0 radical (unpaired) electrons. The second kappa shape index (κ2) is 7.24. The van der Waals surface area contributed by atoms with Crippen LogP contribution in [-0.2, 0) is 9.59 Å². The Kier molecular flexibility index (Phi) is 5.35. The van der Waals surface area contributed by atoms with Crippen molar-refractivity contribution in [3.05, 3.63) is 47.4 Å². The molecule has 0 saturated carbocycles. The lowest BCUT2D eigenvalue weighted by Gasteiger charge is -2.10. The van der Waals surface area contributed by atoms with Gasteiger partial charge in [-0.1, -0.05) is 42.2 Å². The van der Waals surface area contributed by atoms with Crippen LogP contribution in [0.4, 0.5) is 0 Å². The summed E-state index contributed by atoms with van der Waals surface area (Å²) in [5.74, 6) is -0.713. The maximum atomic E-state index is 12.2. The molecule has 0 atom stereocenters. The minimum atomic E-state index is -1.03. The van der Waals surface area contributed by atoms with E-state index in [0.29, 0.717) is 21.5 Å². The van der Waals surface area contributed by atoms with Crippen LogP contribution in [0, 0.1) is 0 Å². The molecule has 0 spiro atoms. The maximum absolute atomic E-state index is 12.2. The van der Waals surface area contributed by atoms with Gasteiger partial charge in [-0.15, -0.1) is 6.58 Å². The Morgan fingerprint density at radius 1 is 1.41 bits per heavy atom. The average Bonchev–Trinajstić information content (AvgIpc) is 2.74. The summed E-state index contributed by atoms with van der Waals surface area (Å²) in [5, 5.41) is 8.54. The van der Waals surface area contributed by atoms with Gasteiger partial charge in [0.1, 0.15) is 10.1 Å². The Morgan fingerprint density at radius 3 is 2.68 bits per heavy atom. The number of carbonyl (C=O) groups excluding carboxylic acids is 1. The molecular weight excluding hydrogens is 322 g/mol. The first-order valence-corrected chi connectivity index (χ1v) is 7.54. The van der Waals surface area contributed by atoms with Crippen LogP contribution in [0.2, 0.25) is 0 Å². The number of ether oxygens (including phenoxy) is 1. The second-order valence-electron chi connectivity index (χ2n) is 4.33. The summed E-state index contributed by atoms with van der Waals surface area (Å²) in [6.45, 7) is 3.61. The first-order valence-electron chi connectivity index (χ1n) is 6.32. The van der Waals surface area contributed by atoms with Crippen molar-refractivity contribution in [2.75, 3.05) is 13.2 Å². The van der Waals surface area contributed by atoms with Gasteiger partial charge in [-0.05, 0) is 23.8 Å². The molecule has 1 aliphatic rings. The molecule has 22 heavy (non-hydrogen) atoms. The maximum Gasteiger partial charge on any atom is 0.341 e. The van der Waals surface area contributed by atoms with E-state index in [2.05, 4.69) is 6.58 Å². The number of nitrogens with zero attached hydrogens (tertiary/aromatic N) is 1. The number of hydrogen-bond donors (Lipinski definition) is 1. The van der Waals surface area contributed by atoms with E-state index in [0.717, 1.165) is 5.56 Å². The van der Waals surface area contributed by atoms with Gasteiger partial charge in [0.05, 0.1) is 4.91 Å². The Balaban J connectivity index is 2.09. The number of thiocarbonyl (C=S) groups is 1. The van der Waals surface area contributed by atoms with Crippen molar-refractivity contribution in [3.8, 4) is 5.75 Å². The number of rotatable bonds is 6. The molecule has 1 aromatic carbocycles. The quantitative estimate of drug-likeness (QED) is 0.489. The summed E-state index contributed by atoms with van der Waals surface area (Å²) >= 11 is 6.41. The normalized spacial score (nSPS) is 16.2. The van der Waals surface area contributed by atoms with Crippen LogP contribution >= 0.6 is 24.0 Å². The fourth-order valence-electron chi connectivity index (χ4n) is 1.74. The van der Waals surface area contributed by atoms with Crippen molar-refractivity contribution in [2.45, 2.75) is 0 Å². The van der Waals surface area contributed by atoms with Gasteiger partial charge >= 0.3 is 5.97 Å². The zero-order chi connectivity index (χ0) is 16.1. The number of benzene rings is 1. The lowest BCUT2D eigenvalue weighted by atomic mass is 10.2. The lowest BCUT2D eigenvalue weighted by Crippen LogP contribution is -2.27. The highest BCUT2D eigenvalue weighted by molar-refractivity contribution is 8.26. The molecule has 7 heteroatoms. The van der Waals surface area contributed by atoms with Crippen LogP contribution in [0.25, 0.3) is 6.08 Å². The van der Waals surface area contributed by atoms with Gasteiger partial charge in [-0.25, -0.2) is 4.79 Å². The van der Waals surface area contributed by atoms with Crippen LogP contribution in [0.1, 0.15) is 5.56 Å². The van der Waals surface area contributed by atoms with Gasteiger partial charge in [0.15, 0.2) is 6.61 Å². The Hall–Kier alpha value is -2.12. The largest absolute Gasteiger partial charge is 0.482 e. The number of amides is 1. The number of carbonyl (C=O) groups is 2. The van der Waals surface area contributed by atoms with Crippen LogP contribution in [-0.4, -0.2) is 39.4 Å².